The summed E-state index contributed by atoms with van der Waals surface area (Å²) in [6, 6.07) is 0. The third-order valence-electron chi connectivity index (χ3n) is 2.07. The average Bonchev–Trinajstić information content (AvgIpc) is 2.23. The summed E-state index contributed by atoms with van der Waals surface area (Å²) in [6.07, 6.45) is 1.01. The van der Waals surface area contributed by atoms with E-state index in [0.29, 0.717) is 12.8 Å². The highest BCUT2D eigenvalue weighted by atomic mass is 32.2. The summed E-state index contributed by atoms with van der Waals surface area (Å²) in [5.74, 6) is -3.54. The van der Waals surface area contributed by atoms with Crippen molar-refractivity contribution in [3.05, 3.63) is 0 Å². The second-order valence-corrected chi connectivity index (χ2v) is 5.31. The molecule has 17 heavy (non-hydrogen) atoms. The zero-order chi connectivity index (χ0) is 13.5. The van der Waals surface area contributed by atoms with Crippen LogP contribution < -0.4 is 4.72 Å². The molecular weight excluding hydrogens is 250 g/mol. The molecule has 0 fully saturated rings. The number of nitrogens with one attached hydrogen (secondary N) is 1. The van der Waals surface area contributed by atoms with Gasteiger partial charge in [-0.05, 0) is 6.42 Å². The van der Waals surface area contributed by atoms with E-state index in [1.54, 1.807) is 6.92 Å². The molecule has 2 N–H and O–H groups in total. The minimum Gasteiger partial charge on any atom is -0.481 e. The van der Waals surface area contributed by atoms with Gasteiger partial charge in [-0.15, -0.1) is 0 Å². The first kappa shape index (κ1) is 15.9. The lowest BCUT2D eigenvalue weighted by Crippen LogP contribution is -2.36. The Hall–Kier alpha value is -1.15. The SMILES string of the molecule is CCCC(CNS(=O)(=O)CC(=O)OC)C(=O)O. The molecule has 1 atom stereocenters. The number of rotatable bonds is 8. The van der Waals surface area contributed by atoms with Gasteiger partial charge in [0.2, 0.25) is 10.0 Å². The van der Waals surface area contributed by atoms with E-state index < -0.39 is 33.6 Å². The summed E-state index contributed by atoms with van der Waals surface area (Å²) in [7, 11) is -2.75. The van der Waals surface area contributed by atoms with Gasteiger partial charge in [0.15, 0.2) is 5.75 Å². The summed E-state index contributed by atoms with van der Waals surface area (Å²) in [4.78, 5) is 21.5. The van der Waals surface area contributed by atoms with Gasteiger partial charge in [-0.25, -0.2) is 13.1 Å². The molecule has 0 saturated heterocycles. The second-order valence-electron chi connectivity index (χ2n) is 3.51. The van der Waals surface area contributed by atoms with Crippen molar-refractivity contribution in [3.8, 4) is 0 Å². The Morgan fingerprint density at radius 3 is 2.41 bits per heavy atom. The first-order valence-electron chi connectivity index (χ1n) is 5.09. The number of carbonyl (C=O) groups excluding carboxylic acids is 1. The molecule has 0 bridgehead atoms. The predicted octanol–water partition coefficient (Wildman–Crippen LogP) is -0.420. The van der Waals surface area contributed by atoms with Gasteiger partial charge in [0, 0.05) is 6.54 Å². The minimum atomic E-state index is -3.83. The van der Waals surface area contributed by atoms with Crippen molar-refractivity contribution in [2.24, 2.45) is 5.92 Å². The first-order valence-corrected chi connectivity index (χ1v) is 6.74. The molecule has 0 aliphatic heterocycles. The lowest BCUT2D eigenvalue weighted by molar-refractivity contribution is -0.141. The van der Waals surface area contributed by atoms with Crippen LogP contribution in [0.5, 0.6) is 0 Å². The molecule has 0 aromatic carbocycles. The van der Waals surface area contributed by atoms with Gasteiger partial charge in [-0.2, -0.15) is 0 Å². The van der Waals surface area contributed by atoms with E-state index >= 15 is 0 Å². The van der Waals surface area contributed by atoms with E-state index in [2.05, 4.69) is 9.46 Å². The normalized spacial score (nSPS) is 13.1. The predicted molar refractivity (Wildman–Crippen MR) is 59.8 cm³/mol. The second kappa shape index (κ2) is 7.23. The summed E-state index contributed by atoms with van der Waals surface area (Å²) < 4.78 is 28.9. The molecule has 0 aliphatic rings. The Morgan fingerprint density at radius 1 is 1.41 bits per heavy atom. The van der Waals surface area contributed by atoms with Crippen molar-refractivity contribution in [2.75, 3.05) is 19.4 Å². The van der Waals surface area contributed by atoms with Crippen LogP contribution in [0.2, 0.25) is 0 Å². The number of methoxy groups -OCH3 is 1. The molecule has 0 aromatic heterocycles. The zero-order valence-corrected chi connectivity index (χ0v) is 10.6. The highest BCUT2D eigenvalue weighted by Gasteiger charge is 2.21. The van der Waals surface area contributed by atoms with Gasteiger partial charge in [0.05, 0.1) is 13.0 Å². The van der Waals surface area contributed by atoms with E-state index in [1.165, 1.54) is 0 Å². The van der Waals surface area contributed by atoms with Crippen LogP contribution in [0.3, 0.4) is 0 Å². The van der Waals surface area contributed by atoms with Crippen molar-refractivity contribution >= 4 is 22.0 Å². The van der Waals surface area contributed by atoms with Gasteiger partial charge in [0.1, 0.15) is 0 Å². The van der Waals surface area contributed by atoms with E-state index in [0.717, 1.165) is 7.11 Å². The van der Waals surface area contributed by atoms with Crippen LogP contribution in [-0.4, -0.2) is 44.9 Å². The minimum absolute atomic E-state index is 0.220. The maximum Gasteiger partial charge on any atom is 0.322 e. The van der Waals surface area contributed by atoms with E-state index in [4.69, 9.17) is 5.11 Å². The monoisotopic (exact) mass is 267 g/mol. The molecule has 0 amide bonds. The van der Waals surface area contributed by atoms with Crippen LogP contribution in [-0.2, 0) is 24.3 Å². The molecule has 0 saturated carbocycles. The zero-order valence-electron chi connectivity index (χ0n) is 9.80. The number of ether oxygens (including phenoxy) is 1. The number of sulfonamides is 1. The van der Waals surface area contributed by atoms with E-state index in [9.17, 15) is 18.0 Å². The van der Waals surface area contributed by atoms with E-state index in [1.807, 2.05) is 0 Å². The molecule has 0 aromatic rings. The fourth-order valence-electron chi connectivity index (χ4n) is 1.15. The molecule has 0 rings (SSSR count). The summed E-state index contributed by atoms with van der Waals surface area (Å²) in [5.41, 5.74) is 0. The van der Waals surface area contributed by atoms with Crippen molar-refractivity contribution < 1.29 is 27.9 Å². The van der Waals surface area contributed by atoms with Crippen LogP contribution in [0.1, 0.15) is 19.8 Å². The molecule has 8 heteroatoms. The maximum absolute atomic E-state index is 11.3. The molecule has 0 spiro atoms. The Balaban J connectivity index is 4.33. The Kier molecular flexibility index (Phi) is 6.74. The molecular formula is C9H17NO6S. The Bertz CT molecular complexity index is 364. The quantitative estimate of drug-likeness (QED) is 0.578. The Morgan fingerprint density at radius 2 is 2.00 bits per heavy atom. The standard InChI is InChI=1S/C9H17NO6S/c1-3-4-7(9(12)13)5-10-17(14,15)6-8(11)16-2/h7,10H,3-6H2,1-2H3,(H,12,13). The molecule has 0 aliphatic carbocycles. The van der Waals surface area contributed by atoms with Crippen molar-refractivity contribution in [1.82, 2.24) is 4.72 Å². The van der Waals surface area contributed by atoms with Crippen molar-refractivity contribution in [2.45, 2.75) is 19.8 Å². The van der Waals surface area contributed by atoms with Crippen LogP contribution in [0.25, 0.3) is 0 Å². The molecule has 100 valence electrons. The third-order valence-corrected chi connectivity index (χ3v) is 3.29. The number of carbonyl (C=O) groups is 2. The fourth-order valence-corrected chi connectivity index (χ4v) is 2.14. The summed E-state index contributed by atoms with van der Waals surface area (Å²) in [6.45, 7) is 1.58. The Labute approximate surface area is 100 Å². The summed E-state index contributed by atoms with van der Waals surface area (Å²) >= 11 is 0. The average molecular weight is 267 g/mol. The van der Waals surface area contributed by atoms with Gasteiger partial charge < -0.3 is 9.84 Å². The van der Waals surface area contributed by atoms with Crippen LogP contribution >= 0.6 is 0 Å². The number of carboxylic acids is 1. The molecule has 0 heterocycles. The smallest absolute Gasteiger partial charge is 0.322 e. The largest absolute Gasteiger partial charge is 0.481 e. The highest BCUT2D eigenvalue weighted by molar-refractivity contribution is 7.90. The number of carboxylic acid groups (broad SMARTS) is 1. The molecule has 1 unspecified atom stereocenters. The van der Waals surface area contributed by atoms with Crippen LogP contribution in [0.15, 0.2) is 0 Å². The van der Waals surface area contributed by atoms with Gasteiger partial charge in [-0.1, -0.05) is 13.3 Å². The molecule has 0 radical (unpaired) electrons. The van der Waals surface area contributed by atoms with Crippen LogP contribution in [0, 0.1) is 5.92 Å². The van der Waals surface area contributed by atoms with E-state index in [-0.39, 0.29) is 6.54 Å². The fraction of sp³-hybridized carbons (Fsp3) is 0.778. The molecule has 7 nitrogen and oxygen atoms in total. The maximum atomic E-state index is 11.3. The topological polar surface area (TPSA) is 110 Å². The number of hydrogen-bond donors (Lipinski definition) is 2. The van der Waals surface area contributed by atoms with Gasteiger partial charge >= 0.3 is 11.9 Å². The number of hydrogen-bond acceptors (Lipinski definition) is 5. The van der Waals surface area contributed by atoms with Crippen molar-refractivity contribution in [1.29, 1.82) is 0 Å². The van der Waals surface area contributed by atoms with Crippen molar-refractivity contribution in [3.63, 3.8) is 0 Å². The van der Waals surface area contributed by atoms with Gasteiger partial charge in [0.25, 0.3) is 0 Å². The summed E-state index contributed by atoms with van der Waals surface area (Å²) in [5, 5.41) is 8.80. The van der Waals surface area contributed by atoms with Gasteiger partial charge in [-0.3, -0.25) is 9.59 Å². The number of aliphatic carboxylic acids is 1. The lowest BCUT2D eigenvalue weighted by atomic mass is 10.1. The number of esters is 1. The highest BCUT2D eigenvalue weighted by Crippen LogP contribution is 2.05. The third kappa shape index (κ3) is 6.90. The lowest BCUT2D eigenvalue weighted by Gasteiger charge is -2.12. The first-order chi connectivity index (χ1) is 7.82. The van der Waals surface area contributed by atoms with Crippen LogP contribution in [0.4, 0.5) is 0 Å².